The molecule has 1 atom stereocenters. The SMILES string of the molecule is CC(Nc1ccc([N+](=O)[O-])c2ncccc12)c1cccs1. The zero-order chi connectivity index (χ0) is 14.8. The summed E-state index contributed by atoms with van der Waals surface area (Å²) in [5.41, 5.74) is 1.29. The average Bonchev–Trinajstić information content (AvgIpc) is 3.01. The summed E-state index contributed by atoms with van der Waals surface area (Å²) in [5.74, 6) is 0. The Bertz CT molecular complexity index is 787. The van der Waals surface area contributed by atoms with Crippen LogP contribution in [0.25, 0.3) is 10.9 Å². The molecule has 2 aromatic heterocycles. The lowest BCUT2D eigenvalue weighted by atomic mass is 10.1. The van der Waals surface area contributed by atoms with Gasteiger partial charge in [-0.1, -0.05) is 6.07 Å². The summed E-state index contributed by atoms with van der Waals surface area (Å²) >= 11 is 1.68. The Morgan fingerprint density at radius 2 is 2.14 bits per heavy atom. The molecule has 0 fully saturated rings. The van der Waals surface area contributed by atoms with Crippen molar-refractivity contribution in [1.82, 2.24) is 4.98 Å². The van der Waals surface area contributed by atoms with Gasteiger partial charge in [-0.15, -0.1) is 11.3 Å². The highest BCUT2D eigenvalue weighted by atomic mass is 32.1. The highest BCUT2D eigenvalue weighted by Gasteiger charge is 2.16. The van der Waals surface area contributed by atoms with E-state index in [-0.39, 0.29) is 11.7 Å². The second kappa shape index (κ2) is 5.49. The molecule has 0 radical (unpaired) electrons. The van der Waals surface area contributed by atoms with E-state index in [1.165, 1.54) is 10.9 Å². The second-order valence-corrected chi connectivity index (χ2v) is 5.65. The van der Waals surface area contributed by atoms with E-state index >= 15 is 0 Å². The smallest absolute Gasteiger partial charge is 0.295 e. The second-order valence-electron chi connectivity index (χ2n) is 4.67. The van der Waals surface area contributed by atoms with Gasteiger partial charge in [0.1, 0.15) is 5.52 Å². The Labute approximate surface area is 125 Å². The first-order chi connectivity index (χ1) is 10.2. The van der Waals surface area contributed by atoms with Crippen LogP contribution in [-0.4, -0.2) is 9.91 Å². The van der Waals surface area contributed by atoms with E-state index in [1.807, 2.05) is 17.5 Å². The average molecular weight is 299 g/mol. The van der Waals surface area contributed by atoms with Crippen molar-refractivity contribution in [3.8, 4) is 0 Å². The lowest BCUT2D eigenvalue weighted by Crippen LogP contribution is -2.05. The standard InChI is InChI=1S/C15H13N3O2S/c1-10(14-5-3-9-21-14)17-12-6-7-13(18(19)20)15-11(12)4-2-8-16-15/h2-10,17H,1H3. The molecule has 0 bridgehead atoms. The van der Waals surface area contributed by atoms with Gasteiger partial charge in [-0.25, -0.2) is 4.98 Å². The number of anilines is 1. The lowest BCUT2D eigenvalue weighted by molar-refractivity contribution is -0.383. The third-order valence-corrected chi connectivity index (χ3v) is 4.34. The molecule has 0 saturated carbocycles. The van der Waals surface area contributed by atoms with Gasteiger partial charge in [0.25, 0.3) is 5.69 Å². The van der Waals surface area contributed by atoms with Crippen LogP contribution >= 0.6 is 11.3 Å². The molecule has 0 saturated heterocycles. The number of hydrogen-bond donors (Lipinski definition) is 1. The number of non-ortho nitro benzene ring substituents is 1. The number of nitrogens with zero attached hydrogens (tertiary/aromatic N) is 2. The summed E-state index contributed by atoms with van der Waals surface area (Å²) in [6.45, 7) is 2.06. The minimum atomic E-state index is -0.401. The molecule has 0 spiro atoms. The quantitative estimate of drug-likeness (QED) is 0.573. The third-order valence-electron chi connectivity index (χ3n) is 3.29. The van der Waals surface area contributed by atoms with Crippen molar-refractivity contribution in [2.24, 2.45) is 0 Å². The number of benzene rings is 1. The van der Waals surface area contributed by atoms with Gasteiger partial charge in [-0.05, 0) is 36.6 Å². The third kappa shape index (κ3) is 2.57. The molecule has 3 aromatic rings. The maximum absolute atomic E-state index is 11.1. The molecule has 0 amide bonds. The van der Waals surface area contributed by atoms with Crippen molar-refractivity contribution >= 4 is 33.6 Å². The number of hydrogen-bond acceptors (Lipinski definition) is 5. The Hall–Kier alpha value is -2.47. The number of pyridine rings is 1. The maximum Gasteiger partial charge on any atom is 0.295 e. The van der Waals surface area contributed by atoms with Crippen LogP contribution in [0, 0.1) is 10.1 Å². The van der Waals surface area contributed by atoms with Crippen LogP contribution in [0.3, 0.4) is 0 Å². The van der Waals surface area contributed by atoms with Crippen LogP contribution in [0.5, 0.6) is 0 Å². The van der Waals surface area contributed by atoms with Crippen LogP contribution < -0.4 is 5.32 Å². The largest absolute Gasteiger partial charge is 0.377 e. The van der Waals surface area contributed by atoms with Gasteiger partial charge >= 0.3 is 0 Å². The van der Waals surface area contributed by atoms with E-state index in [2.05, 4.69) is 23.3 Å². The molecular formula is C15H13N3O2S. The molecule has 0 aliphatic heterocycles. The highest BCUT2D eigenvalue weighted by molar-refractivity contribution is 7.10. The van der Waals surface area contributed by atoms with Gasteiger partial charge in [-0.2, -0.15) is 0 Å². The van der Waals surface area contributed by atoms with Gasteiger partial charge < -0.3 is 5.32 Å². The van der Waals surface area contributed by atoms with Crippen LogP contribution in [0.2, 0.25) is 0 Å². The first-order valence-corrected chi connectivity index (χ1v) is 7.37. The van der Waals surface area contributed by atoms with Crippen molar-refractivity contribution in [2.75, 3.05) is 5.32 Å². The summed E-state index contributed by atoms with van der Waals surface area (Å²) < 4.78 is 0. The summed E-state index contributed by atoms with van der Waals surface area (Å²) in [7, 11) is 0. The lowest BCUT2D eigenvalue weighted by Gasteiger charge is -2.15. The van der Waals surface area contributed by atoms with Crippen molar-refractivity contribution in [3.05, 3.63) is 63.0 Å². The van der Waals surface area contributed by atoms with Crippen LogP contribution in [0.1, 0.15) is 17.8 Å². The summed E-state index contributed by atoms with van der Waals surface area (Å²) in [5, 5.41) is 17.3. The van der Waals surface area contributed by atoms with E-state index in [1.54, 1.807) is 29.7 Å². The summed E-state index contributed by atoms with van der Waals surface area (Å²) in [4.78, 5) is 16.0. The summed E-state index contributed by atoms with van der Waals surface area (Å²) in [6.07, 6.45) is 1.57. The number of nitrogens with one attached hydrogen (secondary N) is 1. The highest BCUT2D eigenvalue weighted by Crippen LogP contribution is 2.32. The molecule has 0 aliphatic rings. The van der Waals surface area contributed by atoms with Gasteiger partial charge in [0.15, 0.2) is 0 Å². The number of nitro groups is 1. The zero-order valence-corrected chi connectivity index (χ0v) is 12.1. The van der Waals surface area contributed by atoms with Crippen LogP contribution in [0.4, 0.5) is 11.4 Å². The molecule has 5 nitrogen and oxygen atoms in total. The molecule has 21 heavy (non-hydrogen) atoms. The Kier molecular flexibility index (Phi) is 3.53. The van der Waals surface area contributed by atoms with E-state index in [0.717, 1.165) is 11.1 Å². The Morgan fingerprint density at radius 3 is 2.86 bits per heavy atom. The number of nitro benzene ring substituents is 1. The van der Waals surface area contributed by atoms with Crippen LogP contribution in [-0.2, 0) is 0 Å². The van der Waals surface area contributed by atoms with Crippen LogP contribution in [0.15, 0.2) is 48.0 Å². The Balaban J connectivity index is 2.04. The normalized spacial score (nSPS) is 12.2. The van der Waals surface area contributed by atoms with E-state index in [0.29, 0.717) is 5.52 Å². The molecule has 1 aromatic carbocycles. The van der Waals surface area contributed by atoms with E-state index in [9.17, 15) is 10.1 Å². The van der Waals surface area contributed by atoms with Crippen molar-refractivity contribution < 1.29 is 4.92 Å². The predicted octanol–water partition coefficient (Wildman–Crippen LogP) is 4.38. The molecule has 0 aliphatic carbocycles. The molecule has 1 N–H and O–H groups in total. The summed E-state index contributed by atoms with van der Waals surface area (Å²) in [6, 6.07) is 11.1. The molecule has 6 heteroatoms. The molecule has 1 unspecified atom stereocenters. The van der Waals surface area contributed by atoms with Crippen molar-refractivity contribution in [3.63, 3.8) is 0 Å². The van der Waals surface area contributed by atoms with Crippen molar-refractivity contribution in [2.45, 2.75) is 13.0 Å². The number of thiophene rings is 1. The minimum Gasteiger partial charge on any atom is -0.377 e. The molecular weight excluding hydrogens is 286 g/mol. The number of aromatic nitrogens is 1. The molecule has 3 rings (SSSR count). The van der Waals surface area contributed by atoms with Crippen molar-refractivity contribution in [1.29, 1.82) is 0 Å². The van der Waals surface area contributed by atoms with E-state index in [4.69, 9.17) is 0 Å². The van der Waals surface area contributed by atoms with Gasteiger partial charge in [0.05, 0.1) is 11.0 Å². The molecule has 2 heterocycles. The number of rotatable bonds is 4. The first kappa shape index (κ1) is 13.5. The van der Waals surface area contributed by atoms with Gasteiger partial charge in [-0.3, -0.25) is 10.1 Å². The topological polar surface area (TPSA) is 68.1 Å². The molecule has 106 valence electrons. The fourth-order valence-electron chi connectivity index (χ4n) is 2.27. The fraction of sp³-hybridized carbons (Fsp3) is 0.133. The predicted molar refractivity (Wildman–Crippen MR) is 84.8 cm³/mol. The van der Waals surface area contributed by atoms with Gasteiger partial charge in [0, 0.05) is 28.2 Å². The fourth-order valence-corrected chi connectivity index (χ4v) is 3.01. The Morgan fingerprint density at radius 1 is 1.29 bits per heavy atom. The minimum absolute atomic E-state index is 0.0277. The maximum atomic E-state index is 11.1. The number of fused-ring (bicyclic) bond motifs is 1. The zero-order valence-electron chi connectivity index (χ0n) is 11.3. The monoisotopic (exact) mass is 299 g/mol. The van der Waals surface area contributed by atoms with E-state index < -0.39 is 4.92 Å². The van der Waals surface area contributed by atoms with Gasteiger partial charge in [0.2, 0.25) is 0 Å². The first-order valence-electron chi connectivity index (χ1n) is 6.49.